The highest BCUT2D eigenvalue weighted by Gasteiger charge is 2.55. The average molecular weight is 719 g/mol. The third-order valence-corrected chi connectivity index (χ3v) is 14.4. The summed E-state index contributed by atoms with van der Waals surface area (Å²) in [6.45, 7) is 9.76. The molecule has 0 unspecified atom stereocenters. The summed E-state index contributed by atoms with van der Waals surface area (Å²) in [5.41, 5.74) is -0.510. The number of nitrogens with zero attached hydrogens (tertiary/aromatic N) is 3. The second-order valence-electron chi connectivity index (χ2n) is 12.3. The minimum atomic E-state index is -3.06. The van der Waals surface area contributed by atoms with Crippen LogP contribution in [-0.2, 0) is 28.2 Å². The van der Waals surface area contributed by atoms with Crippen LogP contribution in [0.2, 0.25) is 10.2 Å². The van der Waals surface area contributed by atoms with Gasteiger partial charge in [-0.25, -0.2) is 4.98 Å². The highest BCUT2D eigenvalue weighted by Crippen LogP contribution is 2.40. The number of halogens is 1. The second-order valence-corrected chi connectivity index (χ2v) is 18.0. The molecule has 1 fully saturated rings. The van der Waals surface area contributed by atoms with E-state index in [1.165, 1.54) is 32.9 Å². The number of anilines is 1. The lowest BCUT2D eigenvalue weighted by Gasteiger charge is -2.43. The zero-order chi connectivity index (χ0) is 35.1. The number of aromatic nitrogens is 2. The molecule has 0 amide bonds. The molecule has 0 spiro atoms. The van der Waals surface area contributed by atoms with Crippen molar-refractivity contribution in [3.05, 3.63) is 75.9 Å². The maximum Gasteiger partial charge on any atom is 0.348 e. The number of thioether (sulfide) groups is 1. The Morgan fingerprint density at radius 2 is 1.67 bits per heavy atom. The molecule has 3 aromatic rings. The van der Waals surface area contributed by atoms with Crippen molar-refractivity contribution in [2.75, 3.05) is 31.9 Å². The van der Waals surface area contributed by atoms with E-state index in [4.69, 9.17) is 35.0 Å². The summed E-state index contributed by atoms with van der Waals surface area (Å²) >= 11 is 7.68. The Balaban J connectivity index is 1.85. The van der Waals surface area contributed by atoms with Crippen molar-refractivity contribution in [2.45, 2.75) is 81.9 Å². The van der Waals surface area contributed by atoms with Gasteiger partial charge in [-0.3, -0.25) is 14.9 Å². The third kappa shape index (κ3) is 8.18. The summed E-state index contributed by atoms with van der Waals surface area (Å²) in [6.07, 6.45) is -2.90. The quantitative estimate of drug-likeness (QED) is 0.0322. The van der Waals surface area contributed by atoms with Gasteiger partial charge < -0.3 is 28.7 Å². The lowest BCUT2D eigenvalue weighted by atomic mass is 10.0. The Morgan fingerprint density at radius 3 is 2.15 bits per heavy atom. The van der Waals surface area contributed by atoms with Crippen LogP contribution in [0.4, 0.5) is 11.5 Å². The van der Waals surface area contributed by atoms with Crippen LogP contribution in [0, 0.1) is 10.1 Å². The van der Waals surface area contributed by atoms with Gasteiger partial charge in [0.15, 0.2) is 17.6 Å². The molecule has 15 heteroatoms. The molecular weight excluding hydrogens is 676 g/mol. The Morgan fingerprint density at radius 1 is 1.08 bits per heavy atom. The fourth-order valence-electron chi connectivity index (χ4n) is 6.07. The van der Waals surface area contributed by atoms with E-state index in [-0.39, 0.29) is 27.8 Å². The predicted octanol–water partition coefficient (Wildman–Crippen LogP) is 5.22. The van der Waals surface area contributed by atoms with Crippen LogP contribution in [0.15, 0.2) is 65.8 Å². The monoisotopic (exact) mass is 718 g/mol. The van der Waals surface area contributed by atoms with Crippen molar-refractivity contribution in [3.8, 4) is 0 Å². The van der Waals surface area contributed by atoms with E-state index >= 15 is 0 Å². The fourth-order valence-corrected chi connectivity index (χ4v) is 11.6. The molecule has 260 valence electrons. The SMILES string of the molecule is CCCSc1nc(Cl)c([N+](=O)[O-])c(N[C@@H]2[C@@H](OC(C)=O)[C@H](C(OC)OC)O[C@H]2CO[Si](c2ccccc2)(c2ccccc2)C(C)(C)C)n1. The molecule has 4 rings (SSSR count). The van der Waals surface area contributed by atoms with E-state index in [9.17, 15) is 14.9 Å². The van der Waals surface area contributed by atoms with Crippen LogP contribution >= 0.6 is 23.4 Å². The first-order valence-corrected chi connectivity index (χ1v) is 18.9. The standard InChI is InChI=1S/C33H43ClN4O8SSi/c1-8-19-47-32-36-29(34)26(38(40)41)30(37-32)35-25-24(46-28(31(42-6)43-7)27(25)45-21(2)39)20-44-48(33(3,4)5,22-15-11-9-12-16-22)23-17-13-10-14-18-23/h9-18,24-25,27-28,31H,8,19-20H2,1-7H3,(H,35,36,37)/t24-,25-,27+,28+/m0/s1. The zero-order valence-corrected chi connectivity index (χ0v) is 30.7. The van der Waals surface area contributed by atoms with E-state index in [0.717, 1.165) is 16.8 Å². The molecule has 1 aliphatic rings. The Labute approximate surface area is 291 Å². The minimum absolute atomic E-state index is 0.0173. The molecule has 1 N–H and O–H groups in total. The van der Waals surface area contributed by atoms with Gasteiger partial charge in [-0.1, -0.05) is 112 Å². The number of hydrogen-bond donors (Lipinski definition) is 1. The molecule has 1 saturated heterocycles. The van der Waals surface area contributed by atoms with Gasteiger partial charge in [-0.15, -0.1) is 0 Å². The maximum atomic E-state index is 12.5. The van der Waals surface area contributed by atoms with Crippen molar-refractivity contribution >= 4 is 59.5 Å². The summed E-state index contributed by atoms with van der Waals surface area (Å²) < 4.78 is 30.7. The second kappa shape index (κ2) is 16.5. The summed E-state index contributed by atoms with van der Waals surface area (Å²) in [5, 5.41) is 17.1. The normalized spacial score (nSPS) is 19.8. The lowest BCUT2D eigenvalue weighted by molar-refractivity contribution is -0.384. The maximum absolute atomic E-state index is 12.5. The van der Waals surface area contributed by atoms with Crippen molar-refractivity contribution in [1.82, 2.24) is 9.97 Å². The first-order chi connectivity index (χ1) is 22.9. The van der Waals surface area contributed by atoms with E-state index in [1.54, 1.807) is 0 Å². The van der Waals surface area contributed by atoms with Gasteiger partial charge in [-0.2, -0.15) is 4.98 Å². The predicted molar refractivity (Wildman–Crippen MR) is 188 cm³/mol. The first-order valence-electron chi connectivity index (χ1n) is 15.6. The van der Waals surface area contributed by atoms with Crippen LogP contribution in [-0.4, -0.2) is 86.4 Å². The summed E-state index contributed by atoms with van der Waals surface area (Å²) in [6, 6.07) is 19.3. The molecule has 48 heavy (non-hydrogen) atoms. The first kappa shape index (κ1) is 37.7. The van der Waals surface area contributed by atoms with Crippen molar-refractivity contribution < 1.29 is 33.1 Å². The van der Waals surface area contributed by atoms with Crippen LogP contribution in [0.3, 0.4) is 0 Å². The van der Waals surface area contributed by atoms with Crippen LogP contribution < -0.4 is 15.7 Å². The molecule has 1 aliphatic heterocycles. The van der Waals surface area contributed by atoms with E-state index in [1.807, 2.05) is 43.3 Å². The van der Waals surface area contributed by atoms with Gasteiger partial charge in [0.05, 0.1) is 17.6 Å². The Kier molecular flexibility index (Phi) is 13.0. The van der Waals surface area contributed by atoms with Gasteiger partial charge in [0, 0.05) is 26.9 Å². The van der Waals surface area contributed by atoms with Crippen molar-refractivity contribution in [2.24, 2.45) is 0 Å². The molecule has 0 aliphatic carbocycles. The summed E-state index contributed by atoms with van der Waals surface area (Å²) in [7, 11) is -0.161. The smallest absolute Gasteiger partial charge is 0.348 e. The van der Waals surface area contributed by atoms with E-state index in [2.05, 4.69) is 60.3 Å². The summed E-state index contributed by atoms with van der Waals surface area (Å²) in [5.74, 6) is -0.0440. The number of carbonyl (C=O) groups excluding carboxylic acids is 1. The van der Waals surface area contributed by atoms with Gasteiger partial charge in [0.1, 0.15) is 12.2 Å². The number of methoxy groups -OCH3 is 2. The lowest BCUT2D eigenvalue weighted by Crippen LogP contribution is -2.67. The number of ether oxygens (including phenoxy) is 4. The number of hydrogen-bond acceptors (Lipinski definition) is 12. The zero-order valence-electron chi connectivity index (χ0n) is 28.2. The molecule has 0 radical (unpaired) electrons. The van der Waals surface area contributed by atoms with Gasteiger partial charge >= 0.3 is 11.7 Å². The number of rotatable bonds is 15. The van der Waals surface area contributed by atoms with Crippen molar-refractivity contribution in [3.63, 3.8) is 0 Å². The number of carbonyl (C=O) groups is 1. The molecule has 2 aromatic carbocycles. The van der Waals surface area contributed by atoms with Crippen molar-refractivity contribution in [1.29, 1.82) is 0 Å². The summed E-state index contributed by atoms with van der Waals surface area (Å²) in [4.78, 5) is 32.7. The molecule has 1 aromatic heterocycles. The van der Waals surface area contributed by atoms with Gasteiger partial charge in [0.25, 0.3) is 8.32 Å². The number of esters is 1. The van der Waals surface area contributed by atoms with Crippen LogP contribution in [0.25, 0.3) is 0 Å². The number of benzene rings is 2. The number of nitro groups is 1. The highest BCUT2D eigenvalue weighted by molar-refractivity contribution is 7.99. The van der Waals surface area contributed by atoms with Crippen LogP contribution in [0.1, 0.15) is 41.0 Å². The third-order valence-electron chi connectivity index (χ3n) is 8.07. The Bertz CT molecular complexity index is 1490. The van der Waals surface area contributed by atoms with E-state index < -0.39 is 55.5 Å². The van der Waals surface area contributed by atoms with Gasteiger partial charge in [0.2, 0.25) is 11.0 Å². The molecule has 0 bridgehead atoms. The van der Waals surface area contributed by atoms with Gasteiger partial charge in [-0.05, 0) is 21.8 Å². The molecule has 0 saturated carbocycles. The molecule has 2 heterocycles. The number of nitrogens with one attached hydrogen (secondary N) is 1. The minimum Gasteiger partial charge on any atom is -0.457 e. The molecule has 4 atom stereocenters. The average Bonchev–Trinajstić information content (AvgIpc) is 3.36. The van der Waals surface area contributed by atoms with Crippen LogP contribution in [0.5, 0.6) is 0 Å². The highest BCUT2D eigenvalue weighted by atomic mass is 35.5. The molecule has 12 nitrogen and oxygen atoms in total. The fraction of sp³-hybridized carbons (Fsp3) is 0.485. The largest absolute Gasteiger partial charge is 0.457 e. The topological polar surface area (TPSA) is 144 Å². The van der Waals surface area contributed by atoms with E-state index in [0.29, 0.717) is 5.75 Å². The Hall–Kier alpha value is -3.11. The molecular formula is C33H43ClN4O8SSi.